The Morgan fingerprint density at radius 3 is 2.76 bits per heavy atom. The molecule has 1 saturated heterocycles. The van der Waals surface area contributed by atoms with E-state index in [-0.39, 0.29) is 24.7 Å². The number of halogens is 2. The standard InChI is InChI=1S/C11H10BrFN2O2/c12-6-7-1-2-8(5-9(7)13)15-4-3-10(16)14-11(15)17/h1-2,5H,3-4,6H2,(H,14,16,17). The van der Waals surface area contributed by atoms with Crippen molar-refractivity contribution in [3.8, 4) is 0 Å². The van der Waals surface area contributed by atoms with Gasteiger partial charge in [0.15, 0.2) is 0 Å². The molecule has 1 N–H and O–H groups in total. The minimum atomic E-state index is -0.507. The Morgan fingerprint density at radius 2 is 2.18 bits per heavy atom. The smallest absolute Gasteiger partial charge is 0.294 e. The van der Waals surface area contributed by atoms with Crippen LogP contribution >= 0.6 is 15.9 Å². The van der Waals surface area contributed by atoms with Crippen LogP contribution in [0.15, 0.2) is 18.2 Å². The first kappa shape index (κ1) is 12.0. The van der Waals surface area contributed by atoms with E-state index in [4.69, 9.17) is 0 Å². The molecule has 6 heteroatoms. The summed E-state index contributed by atoms with van der Waals surface area (Å²) in [5.74, 6) is -0.673. The molecule has 1 aromatic carbocycles. The van der Waals surface area contributed by atoms with Crippen LogP contribution in [0, 0.1) is 5.82 Å². The zero-order valence-electron chi connectivity index (χ0n) is 8.87. The van der Waals surface area contributed by atoms with Gasteiger partial charge in [0.2, 0.25) is 5.91 Å². The molecule has 3 amide bonds. The molecule has 0 atom stereocenters. The predicted molar refractivity (Wildman–Crippen MR) is 64.5 cm³/mol. The molecule has 1 aliphatic heterocycles. The molecule has 90 valence electrons. The maximum atomic E-state index is 13.6. The molecule has 1 heterocycles. The number of benzene rings is 1. The highest BCUT2D eigenvalue weighted by atomic mass is 79.9. The van der Waals surface area contributed by atoms with E-state index in [1.165, 1.54) is 11.0 Å². The van der Waals surface area contributed by atoms with Crippen molar-refractivity contribution >= 4 is 33.6 Å². The SMILES string of the molecule is O=C1CCN(c2ccc(CBr)c(F)c2)C(=O)N1. The second-order valence-corrected chi connectivity index (χ2v) is 4.23. The van der Waals surface area contributed by atoms with Gasteiger partial charge in [0, 0.05) is 24.0 Å². The Bertz CT molecular complexity index is 479. The fourth-order valence-corrected chi connectivity index (χ4v) is 2.08. The first-order valence-electron chi connectivity index (χ1n) is 5.07. The molecule has 0 spiro atoms. The molecule has 1 fully saturated rings. The Hall–Kier alpha value is -1.43. The molecule has 2 rings (SSSR count). The summed E-state index contributed by atoms with van der Waals surface area (Å²) in [5.41, 5.74) is 0.986. The number of nitrogens with zero attached hydrogens (tertiary/aromatic N) is 1. The minimum Gasteiger partial charge on any atom is -0.294 e. The summed E-state index contributed by atoms with van der Waals surface area (Å²) in [6, 6.07) is 4.07. The van der Waals surface area contributed by atoms with Crippen molar-refractivity contribution in [3.05, 3.63) is 29.6 Å². The maximum Gasteiger partial charge on any atom is 0.328 e. The summed E-state index contributed by atoms with van der Waals surface area (Å²) in [6.07, 6.45) is 0.230. The molecule has 0 saturated carbocycles. The number of rotatable bonds is 2. The van der Waals surface area contributed by atoms with Crippen molar-refractivity contribution in [2.75, 3.05) is 11.4 Å². The molecule has 0 unspecified atom stereocenters. The number of carbonyl (C=O) groups is 2. The molecule has 0 aliphatic carbocycles. The van der Waals surface area contributed by atoms with E-state index in [1.54, 1.807) is 12.1 Å². The van der Waals surface area contributed by atoms with Crippen LogP contribution in [0.4, 0.5) is 14.9 Å². The molecule has 17 heavy (non-hydrogen) atoms. The monoisotopic (exact) mass is 300 g/mol. The van der Waals surface area contributed by atoms with Gasteiger partial charge in [-0.3, -0.25) is 15.0 Å². The van der Waals surface area contributed by atoms with Crippen LogP contribution in [-0.2, 0) is 10.1 Å². The number of imide groups is 1. The molecule has 1 aromatic rings. The zero-order chi connectivity index (χ0) is 12.4. The maximum absolute atomic E-state index is 13.6. The van der Waals surface area contributed by atoms with Gasteiger partial charge in [0.25, 0.3) is 0 Å². The van der Waals surface area contributed by atoms with Crippen molar-refractivity contribution in [1.29, 1.82) is 0 Å². The van der Waals surface area contributed by atoms with E-state index in [2.05, 4.69) is 21.2 Å². The summed E-state index contributed by atoms with van der Waals surface area (Å²) in [6.45, 7) is 0.276. The molecule has 4 nitrogen and oxygen atoms in total. The Labute approximate surface area is 106 Å². The second kappa shape index (κ2) is 4.83. The first-order valence-corrected chi connectivity index (χ1v) is 6.19. The number of amides is 3. The van der Waals surface area contributed by atoms with Crippen LogP contribution in [0.3, 0.4) is 0 Å². The quantitative estimate of drug-likeness (QED) is 0.851. The van der Waals surface area contributed by atoms with E-state index in [9.17, 15) is 14.0 Å². The number of hydrogen-bond donors (Lipinski definition) is 1. The predicted octanol–water partition coefficient (Wildman–Crippen LogP) is 2.17. The van der Waals surface area contributed by atoms with Crippen LogP contribution < -0.4 is 10.2 Å². The summed E-state index contributed by atoms with van der Waals surface area (Å²) in [5, 5.41) is 2.61. The summed E-state index contributed by atoms with van der Waals surface area (Å²) >= 11 is 3.17. The summed E-state index contributed by atoms with van der Waals surface area (Å²) < 4.78 is 13.6. The molecule has 0 radical (unpaired) electrons. The van der Waals surface area contributed by atoms with Gasteiger partial charge >= 0.3 is 6.03 Å². The van der Waals surface area contributed by atoms with E-state index >= 15 is 0 Å². The average molecular weight is 301 g/mol. The molecule has 0 bridgehead atoms. The number of carbonyl (C=O) groups excluding carboxylic acids is 2. The minimum absolute atomic E-state index is 0.230. The van der Waals surface area contributed by atoms with Gasteiger partial charge in [-0.1, -0.05) is 22.0 Å². The van der Waals surface area contributed by atoms with Crippen molar-refractivity contribution in [1.82, 2.24) is 5.32 Å². The number of nitrogens with one attached hydrogen (secondary N) is 1. The van der Waals surface area contributed by atoms with Crippen molar-refractivity contribution in [3.63, 3.8) is 0 Å². The van der Waals surface area contributed by atoms with E-state index in [0.29, 0.717) is 16.6 Å². The first-order chi connectivity index (χ1) is 8.11. The fraction of sp³-hybridized carbons (Fsp3) is 0.273. The van der Waals surface area contributed by atoms with E-state index in [0.717, 1.165) is 0 Å². The molecular weight excluding hydrogens is 291 g/mol. The Kier molecular flexibility index (Phi) is 3.42. The van der Waals surface area contributed by atoms with Gasteiger partial charge in [-0.25, -0.2) is 9.18 Å². The van der Waals surface area contributed by atoms with Crippen LogP contribution in [-0.4, -0.2) is 18.5 Å². The van der Waals surface area contributed by atoms with Gasteiger partial charge in [-0.2, -0.15) is 0 Å². The summed E-state index contributed by atoms with van der Waals surface area (Å²) in [4.78, 5) is 23.9. The molecule has 1 aliphatic rings. The van der Waals surface area contributed by atoms with E-state index in [1.807, 2.05) is 0 Å². The van der Waals surface area contributed by atoms with Crippen LogP contribution in [0.2, 0.25) is 0 Å². The van der Waals surface area contributed by atoms with Crippen molar-refractivity contribution in [2.24, 2.45) is 0 Å². The third-order valence-electron chi connectivity index (χ3n) is 2.55. The van der Waals surface area contributed by atoms with Gasteiger partial charge in [0.05, 0.1) is 0 Å². The van der Waals surface area contributed by atoms with Crippen molar-refractivity contribution in [2.45, 2.75) is 11.8 Å². The zero-order valence-corrected chi connectivity index (χ0v) is 10.5. The lowest BCUT2D eigenvalue weighted by atomic mass is 10.2. The topological polar surface area (TPSA) is 49.4 Å². The molecular formula is C11H10BrFN2O2. The highest BCUT2D eigenvalue weighted by Gasteiger charge is 2.24. The van der Waals surface area contributed by atoms with Gasteiger partial charge in [-0.05, 0) is 17.7 Å². The number of alkyl halides is 1. The lowest BCUT2D eigenvalue weighted by Crippen LogP contribution is -2.49. The van der Waals surface area contributed by atoms with Crippen molar-refractivity contribution < 1.29 is 14.0 Å². The normalized spacial score (nSPS) is 16.0. The average Bonchev–Trinajstić information content (AvgIpc) is 2.29. The fourth-order valence-electron chi connectivity index (χ4n) is 1.62. The largest absolute Gasteiger partial charge is 0.328 e. The van der Waals surface area contributed by atoms with Gasteiger partial charge in [0.1, 0.15) is 5.82 Å². The Morgan fingerprint density at radius 1 is 1.41 bits per heavy atom. The highest BCUT2D eigenvalue weighted by Crippen LogP contribution is 2.21. The molecule has 0 aromatic heterocycles. The Balaban J connectivity index is 2.25. The lowest BCUT2D eigenvalue weighted by Gasteiger charge is -2.26. The highest BCUT2D eigenvalue weighted by molar-refractivity contribution is 9.08. The number of anilines is 1. The third-order valence-corrected chi connectivity index (χ3v) is 3.15. The van der Waals surface area contributed by atoms with Gasteiger partial charge < -0.3 is 0 Å². The third kappa shape index (κ3) is 2.46. The van der Waals surface area contributed by atoms with Crippen LogP contribution in [0.1, 0.15) is 12.0 Å². The number of hydrogen-bond acceptors (Lipinski definition) is 2. The second-order valence-electron chi connectivity index (χ2n) is 3.66. The van der Waals surface area contributed by atoms with E-state index < -0.39 is 6.03 Å². The lowest BCUT2D eigenvalue weighted by molar-refractivity contribution is -0.120. The summed E-state index contributed by atoms with van der Waals surface area (Å²) in [7, 11) is 0. The number of urea groups is 1. The van der Waals surface area contributed by atoms with Crippen LogP contribution in [0.25, 0.3) is 0 Å². The van der Waals surface area contributed by atoms with Gasteiger partial charge in [-0.15, -0.1) is 0 Å². The van der Waals surface area contributed by atoms with Crippen LogP contribution in [0.5, 0.6) is 0 Å².